The van der Waals surface area contributed by atoms with Crippen LogP contribution in [-0.2, 0) is 6.54 Å². The van der Waals surface area contributed by atoms with Crippen LogP contribution in [0.25, 0.3) is 0 Å². The molecule has 0 unspecified atom stereocenters. The van der Waals surface area contributed by atoms with Crippen molar-refractivity contribution in [3.05, 3.63) is 11.9 Å². The number of hydrogen-bond acceptors (Lipinski definition) is 3. The second-order valence-corrected chi connectivity index (χ2v) is 3.18. The zero-order chi connectivity index (χ0) is 8.97. The highest BCUT2D eigenvalue weighted by Gasteiger charge is 2.06. The summed E-state index contributed by atoms with van der Waals surface area (Å²) in [5.41, 5.74) is 6.59. The predicted octanol–water partition coefficient (Wildman–Crippen LogP) is 0.750. The molecular formula is C8H16N4. The molecular weight excluding hydrogens is 152 g/mol. The molecule has 0 atom stereocenters. The summed E-state index contributed by atoms with van der Waals surface area (Å²) in [6.45, 7) is 5.86. The number of nitrogens with two attached hydrogens (primary N) is 1. The highest BCUT2D eigenvalue weighted by molar-refractivity contribution is 4.99. The number of rotatable bonds is 4. The number of nitrogens with zero attached hydrogens (tertiary/aromatic N) is 3. The van der Waals surface area contributed by atoms with Gasteiger partial charge >= 0.3 is 0 Å². The molecule has 4 nitrogen and oxygen atoms in total. The van der Waals surface area contributed by atoms with Crippen LogP contribution in [0.1, 0.15) is 31.9 Å². The van der Waals surface area contributed by atoms with E-state index in [1.807, 2.05) is 10.9 Å². The van der Waals surface area contributed by atoms with Crippen molar-refractivity contribution in [1.82, 2.24) is 15.0 Å². The molecule has 0 spiro atoms. The van der Waals surface area contributed by atoms with E-state index in [9.17, 15) is 0 Å². The summed E-state index contributed by atoms with van der Waals surface area (Å²) in [4.78, 5) is 0. The van der Waals surface area contributed by atoms with Gasteiger partial charge in [0.25, 0.3) is 0 Å². The third-order valence-corrected chi connectivity index (χ3v) is 1.81. The zero-order valence-electron chi connectivity index (χ0n) is 7.70. The largest absolute Gasteiger partial charge is 0.330 e. The molecule has 0 saturated carbocycles. The Bertz CT molecular complexity index is 229. The van der Waals surface area contributed by atoms with Gasteiger partial charge in [0.15, 0.2) is 0 Å². The van der Waals surface area contributed by atoms with Crippen LogP contribution in [0.3, 0.4) is 0 Å². The molecule has 0 bridgehead atoms. The third-order valence-electron chi connectivity index (χ3n) is 1.81. The Morgan fingerprint density at radius 3 is 2.92 bits per heavy atom. The van der Waals surface area contributed by atoms with E-state index < -0.39 is 0 Å². The highest BCUT2D eigenvalue weighted by atomic mass is 15.4. The van der Waals surface area contributed by atoms with Crippen molar-refractivity contribution in [1.29, 1.82) is 0 Å². The molecule has 1 rings (SSSR count). The Hall–Kier alpha value is -0.900. The summed E-state index contributed by atoms with van der Waals surface area (Å²) in [5.74, 6) is 0.484. The first-order valence-corrected chi connectivity index (χ1v) is 4.34. The summed E-state index contributed by atoms with van der Waals surface area (Å²) in [7, 11) is 0. The second-order valence-electron chi connectivity index (χ2n) is 3.18. The smallest absolute Gasteiger partial charge is 0.0727 e. The van der Waals surface area contributed by atoms with Crippen LogP contribution in [0.2, 0.25) is 0 Å². The summed E-state index contributed by atoms with van der Waals surface area (Å²) in [6.07, 6.45) is 2.78. The fraction of sp³-hybridized carbons (Fsp3) is 0.750. The molecule has 2 N–H and O–H groups in total. The lowest BCUT2D eigenvalue weighted by Crippen LogP contribution is -2.10. The molecule has 0 fully saturated rings. The maximum atomic E-state index is 5.41. The minimum absolute atomic E-state index is 0.484. The van der Waals surface area contributed by atoms with Crippen molar-refractivity contribution < 1.29 is 0 Å². The molecule has 0 aromatic carbocycles. The van der Waals surface area contributed by atoms with Crippen LogP contribution in [0.5, 0.6) is 0 Å². The molecule has 12 heavy (non-hydrogen) atoms. The number of aryl methyl sites for hydroxylation is 1. The normalized spacial score (nSPS) is 11.0. The molecule has 0 amide bonds. The number of hydrogen-bond donors (Lipinski definition) is 1. The second kappa shape index (κ2) is 4.21. The van der Waals surface area contributed by atoms with E-state index in [0.29, 0.717) is 12.5 Å². The fourth-order valence-corrected chi connectivity index (χ4v) is 1.13. The van der Waals surface area contributed by atoms with Gasteiger partial charge in [-0.15, -0.1) is 5.10 Å². The first-order valence-electron chi connectivity index (χ1n) is 4.34. The molecule has 0 aliphatic carbocycles. The SMILES string of the molecule is CC(C)c1cnnn1CCCN. The van der Waals surface area contributed by atoms with Gasteiger partial charge in [-0.25, -0.2) is 4.68 Å². The van der Waals surface area contributed by atoms with Crippen molar-refractivity contribution in [3.63, 3.8) is 0 Å². The average Bonchev–Trinajstić information content (AvgIpc) is 2.48. The van der Waals surface area contributed by atoms with E-state index >= 15 is 0 Å². The van der Waals surface area contributed by atoms with Gasteiger partial charge in [-0.3, -0.25) is 0 Å². The lowest BCUT2D eigenvalue weighted by atomic mass is 10.1. The van der Waals surface area contributed by atoms with Crippen molar-refractivity contribution >= 4 is 0 Å². The molecule has 68 valence electrons. The van der Waals surface area contributed by atoms with Crippen LogP contribution in [0, 0.1) is 0 Å². The van der Waals surface area contributed by atoms with E-state index in [4.69, 9.17) is 5.73 Å². The molecule has 0 saturated heterocycles. The van der Waals surface area contributed by atoms with Crippen LogP contribution >= 0.6 is 0 Å². The Morgan fingerprint density at radius 2 is 2.33 bits per heavy atom. The third kappa shape index (κ3) is 2.04. The van der Waals surface area contributed by atoms with Gasteiger partial charge in [0.05, 0.1) is 11.9 Å². The van der Waals surface area contributed by atoms with Gasteiger partial charge in [-0.2, -0.15) is 0 Å². The van der Waals surface area contributed by atoms with E-state index in [0.717, 1.165) is 13.0 Å². The fourth-order valence-electron chi connectivity index (χ4n) is 1.13. The standard InChI is InChI=1S/C8H16N4/c1-7(2)8-6-10-11-12(8)5-3-4-9/h6-7H,3-5,9H2,1-2H3. The minimum atomic E-state index is 0.484. The van der Waals surface area contributed by atoms with Gasteiger partial charge in [-0.05, 0) is 18.9 Å². The average molecular weight is 168 g/mol. The predicted molar refractivity (Wildman–Crippen MR) is 47.8 cm³/mol. The Morgan fingerprint density at radius 1 is 1.58 bits per heavy atom. The Labute approximate surface area is 72.8 Å². The van der Waals surface area contributed by atoms with Gasteiger partial charge < -0.3 is 5.73 Å². The van der Waals surface area contributed by atoms with Gasteiger partial charge in [-0.1, -0.05) is 19.1 Å². The lowest BCUT2D eigenvalue weighted by molar-refractivity contribution is 0.531. The molecule has 1 aromatic heterocycles. The molecule has 0 aliphatic heterocycles. The quantitative estimate of drug-likeness (QED) is 0.721. The lowest BCUT2D eigenvalue weighted by Gasteiger charge is -2.07. The van der Waals surface area contributed by atoms with Crippen molar-refractivity contribution in [2.24, 2.45) is 5.73 Å². The summed E-state index contributed by atoms with van der Waals surface area (Å²) in [6, 6.07) is 0. The van der Waals surface area contributed by atoms with Crippen LogP contribution in [0.15, 0.2) is 6.20 Å². The minimum Gasteiger partial charge on any atom is -0.330 e. The van der Waals surface area contributed by atoms with Crippen molar-refractivity contribution in [2.75, 3.05) is 6.54 Å². The van der Waals surface area contributed by atoms with Crippen LogP contribution < -0.4 is 5.73 Å². The van der Waals surface area contributed by atoms with E-state index in [2.05, 4.69) is 24.2 Å². The van der Waals surface area contributed by atoms with Gasteiger partial charge in [0.2, 0.25) is 0 Å². The molecule has 0 aliphatic rings. The summed E-state index contributed by atoms with van der Waals surface area (Å²) < 4.78 is 1.93. The van der Waals surface area contributed by atoms with Crippen molar-refractivity contribution in [3.8, 4) is 0 Å². The van der Waals surface area contributed by atoms with E-state index in [1.54, 1.807) is 0 Å². The Balaban J connectivity index is 2.64. The van der Waals surface area contributed by atoms with Gasteiger partial charge in [0, 0.05) is 6.54 Å². The van der Waals surface area contributed by atoms with Gasteiger partial charge in [0.1, 0.15) is 0 Å². The van der Waals surface area contributed by atoms with E-state index in [1.165, 1.54) is 5.69 Å². The first kappa shape index (κ1) is 9.19. The summed E-state index contributed by atoms with van der Waals surface area (Å²) >= 11 is 0. The molecule has 0 radical (unpaired) electrons. The van der Waals surface area contributed by atoms with Crippen LogP contribution in [0.4, 0.5) is 0 Å². The van der Waals surface area contributed by atoms with Crippen LogP contribution in [-0.4, -0.2) is 21.5 Å². The number of aromatic nitrogens is 3. The van der Waals surface area contributed by atoms with E-state index in [-0.39, 0.29) is 0 Å². The molecule has 1 heterocycles. The molecule has 1 aromatic rings. The first-order chi connectivity index (χ1) is 5.75. The molecule has 4 heteroatoms. The van der Waals surface area contributed by atoms with Crippen molar-refractivity contribution in [2.45, 2.75) is 32.7 Å². The topological polar surface area (TPSA) is 56.7 Å². The maximum Gasteiger partial charge on any atom is 0.0727 e. The Kier molecular flexibility index (Phi) is 3.22. The highest BCUT2D eigenvalue weighted by Crippen LogP contribution is 2.11. The maximum absolute atomic E-state index is 5.41. The monoisotopic (exact) mass is 168 g/mol. The zero-order valence-corrected chi connectivity index (χ0v) is 7.70. The summed E-state index contributed by atoms with van der Waals surface area (Å²) in [5, 5.41) is 7.85.